The van der Waals surface area contributed by atoms with Crippen LogP contribution < -0.4 is 0 Å². The highest BCUT2D eigenvalue weighted by Gasteiger charge is 2.17. The maximum atomic E-state index is 5.34. The number of hydrogen-bond acceptors (Lipinski definition) is 5. The molecule has 0 unspecified atom stereocenters. The van der Waals surface area contributed by atoms with E-state index in [0.717, 1.165) is 82.9 Å². The first kappa shape index (κ1) is 33.4. The zero-order chi connectivity index (χ0) is 38.4. The van der Waals surface area contributed by atoms with E-state index in [1.807, 2.05) is 66.7 Å². The zero-order valence-corrected chi connectivity index (χ0v) is 31.3. The molecule has 58 heavy (non-hydrogen) atoms. The van der Waals surface area contributed by atoms with Crippen molar-refractivity contribution >= 4 is 43.4 Å². The SMILES string of the molecule is c1ccc(-c2nc(-c3ccccc3)nc(-c3ccc(-c4ccc5nc(-c6ccccc6)c6c7ccc(-c8ccc9ccccc9c8)nc7ccc6c5c4)cc3)n2)cc1. The van der Waals surface area contributed by atoms with Gasteiger partial charge >= 0.3 is 0 Å². The lowest BCUT2D eigenvalue weighted by atomic mass is 9.94. The molecule has 0 aliphatic rings. The zero-order valence-electron chi connectivity index (χ0n) is 31.3. The van der Waals surface area contributed by atoms with Gasteiger partial charge in [-0.2, -0.15) is 0 Å². The van der Waals surface area contributed by atoms with Crippen LogP contribution in [-0.4, -0.2) is 24.9 Å². The Labute approximate surface area is 335 Å². The molecule has 0 fully saturated rings. The molecule has 0 spiro atoms. The van der Waals surface area contributed by atoms with Crippen LogP contribution in [0.5, 0.6) is 0 Å². The molecule has 0 aliphatic carbocycles. The van der Waals surface area contributed by atoms with Crippen LogP contribution in [-0.2, 0) is 0 Å². The third-order valence-corrected chi connectivity index (χ3v) is 10.9. The van der Waals surface area contributed by atoms with E-state index in [1.54, 1.807) is 0 Å². The van der Waals surface area contributed by atoms with Gasteiger partial charge in [0.15, 0.2) is 17.5 Å². The second kappa shape index (κ2) is 14.0. The van der Waals surface area contributed by atoms with Crippen LogP contribution in [0.1, 0.15) is 0 Å². The first-order valence-electron chi connectivity index (χ1n) is 19.4. The molecule has 0 radical (unpaired) electrons. The van der Waals surface area contributed by atoms with Crippen molar-refractivity contribution in [3.63, 3.8) is 0 Å². The Kier molecular flexibility index (Phi) is 8.07. The van der Waals surface area contributed by atoms with Crippen LogP contribution in [0.2, 0.25) is 0 Å². The summed E-state index contributed by atoms with van der Waals surface area (Å²) in [4.78, 5) is 25.3. The summed E-state index contributed by atoms with van der Waals surface area (Å²) in [7, 11) is 0. The molecule has 3 heterocycles. The van der Waals surface area contributed by atoms with Crippen molar-refractivity contribution in [1.29, 1.82) is 0 Å². The van der Waals surface area contributed by atoms with Gasteiger partial charge in [0.1, 0.15) is 0 Å². The Bertz CT molecular complexity index is 3250. The first-order chi connectivity index (χ1) is 28.7. The summed E-state index contributed by atoms with van der Waals surface area (Å²) in [5.74, 6) is 1.92. The van der Waals surface area contributed by atoms with Crippen molar-refractivity contribution in [1.82, 2.24) is 24.9 Å². The number of hydrogen-bond donors (Lipinski definition) is 0. The lowest BCUT2D eigenvalue weighted by molar-refractivity contribution is 1.07. The molecule has 5 heteroatoms. The molecule has 0 amide bonds. The van der Waals surface area contributed by atoms with Crippen LogP contribution in [0.3, 0.4) is 0 Å². The molecular formula is C53H33N5. The molecule has 0 N–H and O–H groups in total. The van der Waals surface area contributed by atoms with Gasteiger partial charge < -0.3 is 0 Å². The van der Waals surface area contributed by atoms with E-state index in [-0.39, 0.29) is 0 Å². The van der Waals surface area contributed by atoms with E-state index >= 15 is 0 Å². The molecule has 0 atom stereocenters. The molecule has 11 aromatic rings. The van der Waals surface area contributed by atoms with Crippen molar-refractivity contribution in [3.05, 3.63) is 200 Å². The summed E-state index contributed by atoms with van der Waals surface area (Å²) >= 11 is 0. The van der Waals surface area contributed by atoms with Gasteiger partial charge in [0.25, 0.3) is 0 Å². The van der Waals surface area contributed by atoms with E-state index in [0.29, 0.717) is 17.5 Å². The van der Waals surface area contributed by atoms with Crippen LogP contribution in [0.15, 0.2) is 200 Å². The minimum atomic E-state index is 0.630. The number of rotatable bonds is 6. The first-order valence-corrected chi connectivity index (χ1v) is 19.4. The quantitative estimate of drug-likeness (QED) is 0.159. The topological polar surface area (TPSA) is 64.5 Å². The molecule has 8 aromatic carbocycles. The van der Waals surface area contributed by atoms with Crippen LogP contribution >= 0.6 is 0 Å². The standard InChI is InChI=1S/C53H33N5/c1-4-13-36(14-5-1)50-49-43(27-31-47-44(49)28-30-46(54-47)42-25-22-34-12-10-11-19-40(34)32-42)45-33-41(26-29-48(45)55-50)35-20-23-39(24-21-35)53-57-51(37-15-6-2-7-16-37)56-52(58-53)38-17-8-3-9-18-38/h1-33H. The number of aromatic nitrogens is 5. The van der Waals surface area contributed by atoms with Crippen molar-refractivity contribution in [3.8, 4) is 67.8 Å². The van der Waals surface area contributed by atoms with Gasteiger partial charge in [0, 0.05) is 44.0 Å². The predicted octanol–water partition coefficient (Wildman–Crippen LogP) is 13.3. The normalized spacial score (nSPS) is 11.4. The fourth-order valence-corrected chi connectivity index (χ4v) is 7.95. The molecule has 0 saturated carbocycles. The molecule has 0 bridgehead atoms. The number of benzene rings is 8. The van der Waals surface area contributed by atoms with E-state index in [2.05, 4.69) is 133 Å². The summed E-state index contributed by atoms with van der Waals surface area (Å²) in [5.41, 5.74) is 11.0. The maximum Gasteiger partial charge on any atom is 0.164 e. The van der Waals surface area contributed by atoms with Gasteiger partial charge in [-0.15, -0.1) is 0 Å². The molecule has 270 valence electrons. The molecule has 5 nitrogen and oxygen atoms in total. The van der Waals surface area contributed by atoms with Gasteiger partial charge in [-0.05, 0) is 63.7 Å². The highest BCUT2D eigenvalue weighted by Crippen LogP contribution is 2.39. The Hall–Kier alpha value is -7.89. The fraction of sp³-hybridized carbons (Fsp3) is 0. The summed E-state index contributed by atoms with van der Waals surface area (Å²) in [6.45, 7) is 0. The van der Waals surface area contributed by atoms with Gasteiger partial charge in [0.05, 0.1) is 22.4 Å². The van der Waals surface area contributed by atoms with Crippen LogP contribution in [0.25, 0.3) is 111 Å². The minimum absolute atomic E-state index is 0.630. The monoisotopic (exact) mass is 739 g/mol. The molecule has 11 rings (SSSR count). The van der Waals surface area contributed by atoms with Crippen molar-refractivity contribution in [2.24, 2.45) is 0 Å². The second-order valence-corrected chi connectivity index (χ2v) is 14.5. The molecular weight excluding hydrogens is 707 g/mol. The van der Waals surface area contributed by atoms with E-state index in [1.165, 1.54) is 10.8 Å². The smallest absolute Gasteiger partial charge is 0.164 e. The molecule has 0 aliphatic heterocycles. The fourth-order valence-electron chi connectivity index (χ4n) is 7.95. The Morgan fingerprint density at radius 1 is 0.259 bits per heavy atom. The Balaban J connectivity index is 1.02. The van der Waals surface area contributed by atoms with E-state index in [4.69, 9.17) is 24.9 Å². The predicted molar refractivity (Wildman–Crippen MR) is 238 cm³/mol. The van der Waals surface area contributed by atoms with Crippen molar-refractivity contribution in [2.75, 3.05) is 0 Å². The summed E-state index contributed by atoms with van der Waals surface area (Å²) in [5, 5.41) is 6.83. The minimum Gasteiger partial charge on any atom is -0.248 e. The number of fused-ring (bicyclic) bond motifs is 6. The van der Waals surface area contributed by atoms with Crippen LogP contribution in [0.4, 0.5) is 0 Å². The molecule has 0 saturated heterocycles. The largest absolute Gasteiger partial charge is 0.248 e. The third-order valence-electron chi connectivity index (χ3n) is 10.9. The van der Waals surface area contributed by atoms with Gasteiger partial charge in [-0.3, -0.25) is 0 Å². The van der Waals surface area contributed by atoms with Gasteiger partial charge in [0.2, 0.25) is 0 Å². The number of nitrogens with zero attached hydrogens (tertiary/aromatic N) is 5. The Morgan fingerprint density at radius 3 is 1.43 bits per heavy atom. The molecule has 3 aromatic heterocycles. The number of pyridine rings is 2. The van der Waals surface area contributed by atoms with Crippen molar-refractivity contribution < 1.29 is 0 Å². The van der Waals surface area contributed by atoms with Gasteiger partial charge in [-0.25, -0.2) is 24.9 Å². The van der Waals surface area contributed by atoms with Gasteiger partial charge in [-0.1, -0.05) is 164 Å². The average Bonchev–Trinajstić information content (AvgIpc) is 3.31. The summed E-state index contributed by atoms with van der Waals surface area (Å²) in [6.07, 6.45) is 0. The third kappa shape index (κ3) is 6.03. The lowest BCUT2D eigenvalue weighted by Gasteiger charge is -2.14. The van der Waals surface area contributed by atoms with Crippen molar-refractivity contribution in [2.45, 2.75) is 0 Å². The lowest BCUT2D eigenvalue weighted by Crippen LogP contribution is -2.00. The average molecular weight is 740 g/mol. The van der Waals surface area contributed by atoms with E-state index in [9.17, 15) is 0 Å². The summed E-state index contributed by atoms with van der Waals surface area (Å²) < 4.78 is 0. The summed E-state index contributed by atoms with van der Waals surface area (Å²) in [6, 6.07) is 69.3. The highest BCUT2D eigenvalue weighted by molar-refractivity contribution is 6.21. The maximum absolute atomic E-state index is 5.34. The Morgan fingerprint density at radius 2 is 0.759 bits per heavy atom. The second-order valence-electron chi connectivity index (χ2n) is 14.5. The highest BCUT2D eigenvalue weighted by atomic mass is 15.0. The van der Waals surface area contributed by atoms with E-state index < -0.39 is 0 Å². The van der Waals surface area contributed by atoms with Crippen LogP contribution in [0, 0.1) is 0 Å².